The van der Waals surface area contributed by atoms with E-state index in [1.165, 1.54) is 23.5 Å². The molecule has 10 nitrogen and oxygen atoms in total. The number of ether oxygens (including phenoxy) is 1. The van der Waals surface area contributed by atoms with Crippen molar-refractivity contribution in [2.45, 2.75) is 38.3 Å². The van der Waals surface area contributed by atoms with E-state index in [1.807, 2.05) is 41.3 Å². The summed E-state index contributed by atoms with van der Waals surface area (Å²) < 4.78 is 38.3. The van der Waals surface area contributed by atoms with Crippen LogP contribution in [0.4, 0.5) is 14.6 Å². The second-order valence-electron chi connectivity index (χ2n) is 13.0. The molecule has 0 N–H and O–H groups in total. The Morgan fingerprint density at radius 1 is 1.06 bits per heavy atom. The van der Waals surface area contributed by atoms with Crippen molar-refractivity contribution in [1.82, 2.24) is 29.7 Å². The van der Waals surface area contributed by atoms with Gasteiger partial charge in [-0.2, -0.15) is 9.97 Å². The van der Waals surface area contributed by atoms with Gasteiger partial charge in [0.2, 0.25) is 6.54 Å². The van der Waals surface area contributed by atoms with E-state index >= 15 is 8.78 Å². The molecule has 0 saturated carbocycles. The third-order valence-corrected chi connectivity index (χ3v) is 9.91. The van der Waals surface area contributed by atoms with Crippen molar-refractivity contribution in [1.29, 1.82) is 0 Å². The topological polar surface area (TPSA) is 91.9 Å². The summed E-state index contributed by atoms with van der Waals surface area (Å²) >= 11 is 0. The highest BCUT2D eigenvalue weighted by Gasteiger charge is 2.36. The predicted octanol–water partition coefficient (Wildman–Crippen LogP) is 6.36. The molecule has 4 heterocycles. The fourth-order valence-corrected chi connectivity index (χ4v) is 7.23. The average molecular weight is 689 g/mol. The van der Waals surface area contributed by atoms with Crippen LogP contribution in [0, 0.1) is 12.4 Å². The van der Waals surface area contributed by atoms with Gasteiger partial charge in [0.25, 0.3) is 5.91 Å². The number of benzene rings is 3. The van der Waals surface area contributed by atoms with Gasteiger partial charge in [-0.05, 0) is 60.8 Å². The molecule has 0 radical (unpaired) electrons. The molecule has 2 fully saturated rings. The summed E-state index contributed by atoms with van der Waals surface area (Å²) in [5, 5.41) is 2.51. The number of nitrogens with zero attached hydrogens (tertiary/aromatic N) is 8. The average Bonchev–Trinajstić information content (AvgIpc) is 3.57. The van der Waals surface area contributed by atoms with Gasteiger partial charge in [0.05, 0.1) is 11.9 Å². The van der Waals surface area contributed by atoms with Crippen LogP contribution in [-0.2, 0) is 11.2 Å². The van der Waals surface area contributed by atoms with E-state index in [1.54, 1.807) is 6.07 Å². The maximum absolute atomic E-state index is 17.0. The molecule has 51 heavy (non-hydrogen) atoms. The van der Waals surface area contributed by atoms with Gasteiger partial charge in [0, 0.05) is 55.1 Å². The van der Waals surface area contributed by atoms with Gasteiger partial charge in [0.15, 0.2) is 11.6 Å². The first-order chi connectivity index (χ1) is 24.9. The Kier molecular flexibility index (Phi) is 9.81. The van der Waals surface area contributed by atoms with Crippen LogP contribution in [0.3, 0.4) is 0 Å². The van der Waals surface area contributed by atoms with Crippen molar-refractivity contribution < 1.29 is 18.3 Å². The normalized spacial score (nSPS) is 18.4. The molecule has 2 atom stereocenters. The van der Waals surface area contributed by atoms with Crippen molar-refractivity contribution in [3.8, 4) is 17.1 Å². The lowest BCUT2D eigenvalue weighted by molar-refractivity contribution is -0.130. The number of likely N-dealkylation sites (tertiary alicyclic amines) is 1. The Morgan fingerprint density at radius 3 is 2.65 bits per heavy atom. The quantitative estimate of drug-likeness (QED) is 0.131. The van der Waals surface area contributed by atoms with Gasteiger partial charge in [-0.1, -0.05) is 49.4 Å². The number of hydrogen-bond acceptors (Lipinski definition) is 8. The lowest BCUT2D eigenvalue weighted by Crippen LogP contribution is -2.56. The third kappa shape index (κ3) is 6.81. The highest BCUT2D eigenvalue weighted by molar-refractivity contribution is 6.02. The number of carbonyl (C=O) groups is 1. The van der Waals surface area contributed by atoms with Crippen LogP contribution in [0.25, 0.3) is 43.7 Å². The number of anilines is 1. The summed E-state index contributed by atoms with van der Waals surface area (Å²) in [4.78, 5) is 39.8. The standard InChI is InChI=1S/C39H38F2N8O2/c1-4-25-8-5-9-26-10-6-12-30(34(25)26)31-13-14-32-36(35(31)41)45-39(51-24-28-11-7-17-47(28)3)46-37(32)48-18-19-49(29(23-48)22-42-2)38(50)33(40)20-27-21-43-15-16-44-27/h5-6,8-10,12-16,20-21,28-29H,4,7,11,17-19,22-24H2,1,3H3/b33-20-/t28-,29-/m0/s1. The lowest BCUT2D eigenvalue weighted by atomic mass is 9.93. The smallest absolute Gasteiger partial charge is 0.319 e. The molecule has 7 rings (SSSR count). The number of aromatic nitrogens is 4. The molecule has 2 aromatic heterocycles. The molecule has 260 valence electrons. The Hall–Kier alpha value is -5.54. The first kappa shape index (κ1) is 33.9. The molecule has 2 aliphatic heterocycles. The Labute approximate surface area is 295 Å². The van der Waals surface area contributed by atoms with Gasteiger partial charge >= 0.3 is 6.01 Å². The minimum absolute atomic E-state index is 0.0548. The number of rotatable bonds is 9. The zero-order valence-corrected chi connectivity index (χ0v) is 28.6. The molecular formula is C39H38F2N8O2. The lowest BCUT2D eigenvalue weighted by Gasteiger charge is -2.39. The second kappa shape index (κ2) is 14.7. The maximum Gasteiger partial charge on any atom is 0.319 e. The number of halogens is 2. The van der Waals surface area contributed by atoms with Crippen molar-refractivity contribution in [3.63, 3.8) is 0 Å². The molecule has 0 spiro atoms. The van der Waals surface area contributed by atoms with E-state index in [-0.39, 0.29) is 49.4 Å². The van der Waals surface area contributed by atoms with Crippen LogP contribution < -0.4 is 9.64 Å². The first-order valence-electron chi connectivity index (χ1n) is 17.2. The molecule has 5 aromatic rings. The van der Waals surface area contributed by atoms with E-state index in [4.69, 9.17) is 16.3 Å². The van der Waals surface area contributed by atoms with E-state index in [9.17, 15) is 4.79 Å². The monoisotopic (exact) mass is 688 g/mol. The maximum atomic E-state index is 17.0. The Balaban J connectivity index is 1.27. The molecule has 2 saturated heterocycles. The summed E-state index contributed by atoms with van der Waals surface area (Å²) in [5.74, 6) is -1.87. The zero-order chi connectivity index (χ0) is 35.5. The predicted molar refractivity (Wildman–Crippen MR) is 193 cm³/mol. The van der Waals surface area contributed by atoms with Gasteiger partial charge in [-0.25, -0.2) is 15.4 Å². The van der Waals surface area contributed by atoms with Crippen molar-refractivity contribution >= 4 is 39.5 Å². The van der Waals surface area contributed by atoms with Gasteiger partial charge < -0.3 is 24.3 Å². The highest BCUT2D eigenvalue weighted by Crippen LogP contribution is 2.38. The summed E-state index contributed by atoms with van der Waals surface area (Å²) in [5.41, 5.74) is 2.66. The fraction of sp³-hybridized carbons (Fsp3) is 0.333. The van der Waals surface area contributed by atoms with Crippen LogP contribution in [0.2, 0.25) is 0 Å². The minimum Gasteiger partial charge on any atom is -0.462 e. The Morgan fingerprint density at radius 2 is 1.90 bits per heavy atom. The number of fused-ring (bicyclic) bond motifs is 2. The van der Waals surface area contributed by atoms with Crippen LogP contribution >= 0.6 is 0 Å². The molecular weight excluding hydrogens is 650 g/mol. The van der Waals surface area contributed by atoms with E-state index in [0.29, 0.717) is 23.4 Å². The van der Waals surface area contributed by atoms with Crippen LogP contribution in [0.15, 0.2) is 72.9 Å². The van der Waals surface area contributed by atoms with Crippen molar-refractivity contribution in [2.75, 3.05) is 51.3 Å². The van der Waals surface area contributed by atoms with Crippen LogP contribution in [0.5, 0.6) is 6.01 Å². The minimum atomic E-state index is -0.992. The van der Waals surface area contributed by atoms with E-state index < -0.39 is 23.6 Å². The largest absolute Gasteiger partial charge is 0.462 e. The van der Waals surface area contributed by atoms with Gasteiger partial charge in [-0.15, -0.1) is 0 Å². The first-order valence-corrected chi connectivity index (χ1v) is 17.2. The number of aryl methyl sites for hydroxylation is 1. The summed E-state index contributed by atoms with van der Waals surface area (Å²) in [7, 11) is 2.05. The number of hydrogen-bond donors (Lipinski definition) is 0. The molecule has 3 aromatic carbocycles. The molecule has 12 heteroatoms. The second-order valence-corrected chi connectivity index (χ2v) is 13.0. The summed E-state index contributed by atoms with van der Waals surface area (Å²) in [6.45, 7) is 11.5. The van der Waals surface area contributed by atoms with Crippen molar-refractivity contribution in [2.24, 2.45) is 0 Å². The van der Waals surface area contributed by atoms with Gasteiger partial charge in [0.1, 0.15) is 24.0 Å². The number of likely N-dealkylation sites (N-methyl/N-ethyl adjacent to an activating group) is 1. The highest BCUT2D eigenvalue weighted by atomic mass is 19.1. The fourth-order valence-electron chi connectivity index (χ4n) is 7.23. The van der Waals surface area contributed by atoms with Crippen LogP contribution in [0.1, 0.15) is 31.0 Å². The molecule has 2 aliphatic rings. The number of piperazine rings is 1. The molecule has 0 aliphatic carbocycles. The SMILES string of the molecule is [C-]#[N+]C[C@H]1CN(c2nc(OC[C@@H]3CCCN3C)nc3c(F)c(-c4cccc5cccc(CC)c45)ccc23)CCN1C(=O)/C(F)=C/c1cnccn1. The van der Waals surface area contributed by atoms with E-state index in [2.05, 4.69) is 44.7 Å². The zero-order valence-electron chi connectivity index (χ0n) is 28.6. The Bertz CT molecular complexity index is 2150. The van der Waals surface area contributed by atoms with Gasteiger partial charge in [-0.3, -0.25) is 14.8 Å². The van der Waals surface area contributed by atoms with Crippen LogP contribution in [-0.4, -0.2) is 94.1 Å². The number of carbonyl (C=O) groups excluding carboxylic acids is 1. The molecule has 0 bridgehead atoms. The third-order valence-electron chi connectivity index (χ3n) is 9.91. The molecule has 1 amide bonds. The summed E-state index contributed by atoms with van der Waals surface area (Å²) in [6.07, 6.45) is 8.12. The van der Waals surface area contributed by atoms with Crippen molar-refractivity contribution in [3.05, 3.63) is 101 Å². The number of amides is 1. The molecule has 0 unspecified atom stereocenters. The summed E-state index contributed by atoms with van der Waals surface area (Å²) in [6, 6.07) is 15.2. The van der Waals surface area contributed by atoms with E-state index in [0.717, 1.165) is 53.8 Å².